The third-order valence-electron chi connectivity index (χ3n) is 3.42. The number of rotatable bonds is 5. The largest absolute Gasteiger partial charge is 0.493 e. The Labute approximate surface area is 140 Å². The summed E-state index contributed by atoms with van der Waals surface area (Å²) in [6.45, 7) is 0.421. The lowest BCUT2D eigenvalue weighted by molar-refractivity contribution is 0.0950. The topological polar surface area (TPSA) is 74.2 Å². The van der Waals surface area contributed by atoms with E-state index in [-0.39, 0.29) is 11.8 Å². The van der Waals surface area contributed by atoms with E-state index in [0.717, 1.165) is 11.3 Å². The second-order valence-electron chi connectivity index (χ2n) is 5.26. The molecule has 5 heteroatoms. The number of benzene rings is 2. The molecule has 0 bridgehead atoms. The number of hydrogen-bond acceptors (Lipinski definition) is 4. The molecule has 0 saturated heterocycles. The van der Waals surface area contributed by atoms with Crippen molar-refractivity contribution in [3.8, 4) is 5.88 Å². The number of carbonyl (C=O) groups is 1. The Bertz CT molecular complexity index is 821. The predicted molar refractivity (Wildman–Crippen MR) is 93.2 cm³/mol. The molecule has 0 unspecified atom stereocenters. The van der Waals surface area contributed by atoms with Gasteiger partial charge in [0, 0.05) is 23.9 Å². The van der Waals surface area contributed by atoms with Crippen molar-refractivity contribution in [2.45, 2.75) is 6.54 Å². The zero-order chi connectivity index (χ0) is 16.8. The number of aromatic hydroxyl groups is 1. The molecule has 3 rings (SSSR count). The predicted octanol–water partition coefficient (Wildman–Crippen LogP) is 3.46. The van der Waals surface area contributed by atoms with Crippen molar-refractivity contribution >= 4 is 17.4 Å². The number of nitrogens with one attached hydrogen (secondary N) is 2. The number of anilines is 2. The van der Waals surface area contributed by atoms with Crippen molar-refractivity contribution in [3.05, 3.63) is 83.9 Å². The van der Waals surface area contributed by atoms with E-state index in [4.69, 9.17) is 0 Å². The fourth-order valence-corrected chi connectivity index (χ4v) is 2.26. The van der Waals surface area contributed by atoms with Crippen LogP contribution in [0.2, 0.25) is 0 Å². The summed E-state index contributed by atoms with van der Waals surface area (Å²) in [5, 5.41) is 15.7. The Balaban J connectivity index is 1.72. The average Bonchev–Trinajstić information content (AvgIpc) is 2.61. The second-order valence-corrected chi connectivity index (χ2v) is 5.26. The molecule has 0 aliphatic heterocycles. The molecular formula is C19H17N3O2. The molecule has 5 nitrogen and oxygen atoms in total. The first-order valence-corrected chi connectivity index (χ1v) is 7.56. The maximum absolute atomic E-state index is 12.3. The molecule has 0 fully saturated rings. The highest BCUT2D eigenvalue weighted by Gasteiger charge is 2.10. The van der Waals surface area contributed by atoms with E-state index in [1.807, 2.05) is 60.7 Å². The summed E-state index contributed by atoms with van der Waals surface area (Å²) in [6, 6.07) is 22.0. The second kappa shape index (κ2) is 7.28. The zero-order valence-electron chi connectivity index (χ0n) is 12.9. The average molecular weight is 319 g/mol. The molecule has 1 amide bonds. The van der Waals surface area contributed by atoms with Crippen molar-refractivity contribution < 1.29 is 9.90 Å². The van der Waals surface area contributed by atoms with Crippen LogP contribution in [0.15, 0.2) is 72.8 Å². The maximum Gasteiger partial charge on any atom is 0.251 e. The normalized spacial score (nSPS) is 10.2. The van der Waals surface area contributed by atoms with Gasteiger partial charge in [0.15, 0.2) is 0 Å². The highest BCUT2D eigenvalue weighted by molar-refractivity contribution is 5.95. The standard InChI is InChI=1S/C19H17N3O2/c23-18-12-15(19(24)20-13-14-7-3-1-4-8-14)11-17(22-18)21-16-9-5-2-6-10-16/h1-12H,13H2,(H,20,24)(H2,21,22,23). The summed E-state index contributed by atoms with van der Waals surface area (Å²) in [5.41, 5.74) is 2.18. The van der Waals surface area contributed by atoms with Crippen LogP contribution >= 0.6 is 0 Å². The van der Waals surface area contributed by atoms with Gasteiger partial charge in [-0.15, -0.1) is 0 Å². The monoisotopic (exact) mass is 319 g/mol. The maximum atomic E-state index is 12.3. The molecule has 2 aromatic carbocycles. The molecule has 3 aromatic rings. The minimum atomic E-state index is -0.271. The number of hydrogen-bond donors (Lipinski definition) is 3. The van der Waals surface area contributed by atoms with Crippen molar-refractivity contribution in [1.82, 2.24) is 10.3 Å². The lowest BCUT2D eigenvalue weighted by Crippen LogP contribution is -2.22. The highest BCUT2D eigenvalue weighted by atomic mass is 16.3. The zero-order valence-corrected chi connectivity index (χ0v) is 12.9. The van der Waals surface area contributed by atoms with Crippen LogP contribution < -0.4 is 10.6 Å². The third kappa shape index (κ3) is 4.10. The molecule has 120 valence electrons. The summed E-state index contributed by atoms with van der Waals surface area (Å²) >= 11 is 0. The SMILES string of the molecule is O=C(NCc1ccccc1)c1cc(O)nc(Nc2ccccc2)c1. The van der Waals surface area contributed by atoms with Gasteiger partial charge in [0.25, 0.3) is 5.91 Å². The molecular weight excluding hydrogens is 302 g/mol. The fraction of sp³-hybridized carbons (Fsp3) is 0.0526. The van der Waals surface area contributed by atoms with Crippen LogP contribution in [0.1, 0.15) is 15.9 Å². The molecule has 1 aromatic heterocycles. The Morgan fingerprint density at radius 1 is 0.958 bits per heavy atom. The Kier molecular flexibility index (Phi) is 4.72. The van der Waals surface area contributed by atoms with Crippen molar-refractivity contribution in [2.75, 3.05) is 5.32 Å². The van der Waals surface area contributed by atoms with Crippen molar-refractivity contribution in [1.29, 1.82) is 0 Å². The fourth-order valence-electron chi connectivity index (χ4n) is 2.26. The van der Waals surface area contributed by atoms with Gasteiger partial charge in [0.05, 0.1) is 0 Å². The minimum Gasteiger partial charge on any atom is -0.493 e. The molecule has 24 heavy (non-hydrogen) atoms. The van der Waals surface area contributed by atoms with Gasteiger partial charge in [-0.1, -0.05) is 48.5 Å². The lowest BCUT2D eigenvalue weighted by atomic mass is 10.2. The summed E-state index contributed by atoms with van der Waals surface area (Å²) in [5.74, 6) is -0.0699. The minimum absolute atomic E-state index is 0.208. The Morgan fingerprint density at radius 3 is 2.33 bits per heavy atom. The number of nitrogens with zero attached hydrogens (tertiary/aromatic N) is 1. The summed E-state index contributed by atoms with van der Waals surface area (Å²) in [7, 11) is 0. The van der Waals surface area contributed by atoms with Crippen LogP contribution in [-0.2, 0) is 6.54 Å². The Hall–Kier alpha value is -3.34. The quantitative estimate of drug-likeness (QED) is 0.673. The van der Waals surface area contributed by atoms with Crippen LogP contribution in [0.25, 0.3) is 0 Å². The first-order chi connectivity index (χ1) is 11.7. The van der Waals surface area contributed by atoms with Crippen LogP contribution in [-0.4, -0.2) is 16.0 Å². The van der Waals surface area contributed by atoms with Crippen molar-refractivity contribution in [3.63, 3.8) is 0 Å². The first-order valence-electron chi connectivity index (χ1n) is 7.56. The lowest BCUT2D eigenvalue weighted by Gasteiger charge is -2.09. The van der Waals surface area contributed by atoms with Gasteiger partial charge in [0.2, 0.25) is 5.88 Å². The molecule has 3 N–H and O–H groups in total. The molecule has 0 spiro atoms. The number of para-hydroxylation sites is 1. The van der Waals surface area contributed by atoms with E-state index < -0.39 is 0 Å². The van der Waals surface area contributed by atoms with Crippen LogP contribution in [0.3, 0.4) is 0 Å². The molecule has 0 saturated carbocycles. The van der Waals surface area contributed by atoms with Gasteiger partial charge in [0.1, 0.15) is 5.82 Å². The van der Waals surface area contributed by atoms with Crippen LogP contribution in [0.4, 0.5) is 11.5 Å². The van der Waals surface area contributed by atoms with Gasteiger partial charge < -0.3 is 15.7 Å². The summed E-state index contributed by atoms with van der Waals surface area (Å²) in [6.07, 6.45) is 0. The molecule has 1 heterocycles. The van der Waals surface area contributed by atoms with Crippen LogP contribution in [0.5, 0.6) is 5.88 Å². The molecule has 0 aliphatic carbocycles. The van der Waals surface area contributed by atoms with Gasteiger partial charge in [-0.05, 0) is 23.8 Å². The van der Waals surface area contributed by atoms with Gasteiger partial charge in [-0.2, -0.15) is 4.98 Å². The number of amides is 1. The number of aromatic nitrogens is 1. The van der Waals surface area contributed by atoms with E-state index >= 15 is 0 Å². The van der Waals surface area contributed by atoms with E-state index in [1.165, 1.54) is 6.07 Å². The highest BCUT2D eigenvalue weighted by Crippen LogP contribution is 2.19. The van der Waals surface area contributed by atoms with E-state index in [2.05, 4.69) is 15.6 Å². The Morgan fingerprint density at radius 2 is 1.62 bits per heavy atom. The van der Waals surface area contributed by atoms with Crippen LogP contribution in [0, 0.1) is 0 Å². The summed E-state index contributed by atoms with van der Waals surface area (Å²) in [4.78, 5) is 16.3. The van der Waals surface area contributed by atoms with E-state index in [0.29, 0.717) is 17.9 Å². The van der Waals surface area contributed by atoms with Gasteiger partial charge in [-0.25, -0.2) is 0 Å². The van der Waals surface area contributed by atoms with Gasteiger partial charge in [-0.3, -0.25) is 4.79 Å². The summed E-state index contributed by atoms with van der Waals surface area (Å²) < 4.78 is 0. The van der Waals surface area contributed by atoms with E-state index in [9.17, 15) is 9.90 Å². The molecule has 0 radical (unpaired) electrons. The number of carbonyl (C=O) groups excluding carboxylic acids is 1. The number of pyridine rings is 1. The third-order valence-corrected chi connectivity index (χ3v) is 3.42. The van der Waals surface area contributed by atoms with E-state index in [1.54, 1.807) is 6.07 Å². The van der Waals surface area contributed by atoms with Gasteiger partial charge >= 0.3 is 0 Å². The smallest absolute Gasteiger partial charge is 0.251 e. The van der Waals surface area contributed by atoms with Crippen molar-refractivity contribution in [2.24, 2.45) is 0 Å². The molecule has 0 aliphatic rings. The molecule has 0 atom stereocenters. The first kappa shape index (κ1) is 15.6.